The molecular formula is C18H14Cl3NO3S. The molecule has 0 aliphatic heterocycles. The van der Waals surface area contributed by atoms with Gasteiger partial charge in [0.1, 0.15) is 16.2 Å². The standard InChI is InChI=1S/C18H14Cl3NO3S/c19-13-8-15(21)18(9-14(13)20)26(23,24)22-10-5-6-17-12(7-10)11-3-1-2-4-16(11)25-17/h5-9,22H,1-4H2. The van der Waals surface area contributed by atoms with Gasteiger partial charge in [-0.2, -0.15) is 0 Å². The van der Waals surface area contributed by atoms with Gasteiger partial charge in [0.2, 0.25) is 0 Å². The predicted octanol–water partition coefficient (Wildman–Crippen LogP) is 6.07. The zero-order valence-corrected chi connectivity index (χ0v) is 16.6. The maximum absolute atomic E-state index is 12.7. The van der Waals surface area contributed by atoms with Crippen LogP contribution >= 0.6 is 34.8 Å². The smallest absolute Gasteiger partial charge is 0.263 e. The summed E-state index contributed by atoms with van der Waals surface area (Å²) in [6, 6.07) is 7.80. The van der Waals surface area contributed by atoms with Crippen molar-refractivity contribution in [2.75, 3.05) is 4.72 Å². The maximum Gasteiger partial charge on any atom is 0.263 e. The van der Waals surface area contributed by atoms with Gasteiger partial charge in [-0.05, 0) is 49.6 Å². The van der Waals surface area contributed by atoms with Gasteiger partial charge in [0, 0.05) is 23.1 Å². The van der Waals surface area contributed by atoms with Crippen molar-refractivity contribution >= 4 is 61.5 Å². The quantitative estimate of drug-likeness (QED) is 0.513. The summed E-state index contributed by atoms with van der Waals surface area (Å²) in [6.07, 6.45) is 4.08. The maximum atomic E-state index is 12.7. The van der Waals surface area contributed by atoms with Crippen molar-refractivity contribution in [3.63, 3.8) is 0 Å². The second-order valence-corrected chi connectivity index (χ2v) is 9.10. The number of fused-ring (bicyclic) bond motifs is 3. The van der Waals surface area contributed by atoms with E-state index in [-0.39, 0.29) is 20.0 Å². The van der Waals surface area contributed by atoms with Crippen molar-refractivity contribution in [1.29, 1.82) is 0 Å². The number of hydrogen-bond acceptors (Lipinski definition) is 3. The topological polar surface area (TPSA) is 59.3 Å². The SMILES string of the molecule is O=S(=O)(Nc1ccc2oc3c(c2c1)CCCC3)c1cc(Cl)c(Cl)cc1Cl. The molecule has 1 heterocycles. The molecule has 1 aromatic heterocycles. The third kappa shape index (κ3) is 3.18. The van der Waals surface area contributed by atoms with Crippen LogP contribution in [-0.2, 0) is 22.9 Å². The zero-order valence-electron chi connectivity index (χ0n) is 13.5. The van der Waals surface area contributed by atoms with Crippen LogP contribution in [0.15, 0.2) is 39.6 Å². The van der Waals surface area contributed by atoms with Crippen LogP contribution in [0.1, 0.15) is 24.2 Å². The third-order valence-electron chi connectivity index (χ3n) is 4.47. The van der Waals surface area contributed by atoms with Crippen LogP contribution in [0.2, 0.25) is 15.1 Å². The summed E-state index contributed by atoms with van der Waals surface area (Å²) in [5.74, 6) is 0.999. The van der Waals surface area contributed by atoms with E-state index in [1.165, 1.54) is 17.7 Å². The number of furan rings is 1. The Labute approximate surface area is 166 Å². The van der Waals surface area contributed by atoms with E-state index in [1.54, 1.807) is 18.2 Å². The number of rotatable bonds is 3. The molecule has 0 radical (unpaired) electrons. The molecule has 0 saturated carbocycles. The first-order valence-electron chi connectivity index (χ1n) is 8.07. The zero-order chi connectivity index (χ0) is 18.5. The highest BCUT2D eigenvalue weighted by Crippen LogP contribution is 2.35. The Bertz CT molecular complexity index is 1120. The summed E-state index contributed by atoms with van der Waals surface area (Å²) < 4.78 is 33.9. The minimum Gasteiger partial charge on any atom is -0.461 e. The number of hydrogen-bond donors (Lipinski definition) is 1. The van der Waals surface area contributed by atoms with Crippen LogP contribution in [0.3, 0.4) is 0 Å². The molecule has 1 aliphatic carbocycles. The number of aryl methyl sites for hydroxylation is 2. The Kier molecular flexibility index (Phi) is 4.59. The van der Waals surface area contributed by atoms with E-state index < -0.39 is 10.0 Å². The molecule has 0 fully saturated rings. The molecule has 1 aliphatic rings. The summed E-state index contributed by atoms with van der Waals surface area (Å²) in [6.45, 7) is 0. The molecule has 26 heavy (non-hydrogen) atoms. The van der Waals surface area contributed by atoms with Gasteiger partial charge in [-0.25, -0.2) is 8.42 Å². The summed E-state index contributed by atoms with van der Waals surface area (Å²) in [5.41, 5.74) is 2.38. The molecule has 0 amide bonds. The van der Waals surface area contributed by atoms with E-state index in [0.717, 1.165) is 42.4 Å². The van der Waals surface area contributed by atoms with E-state index in [2.05, 4.69) is 4.72 Å². The number of sulfonamides is 1. The predicted molar refractivity (Wildman–Crippen MR) is 105 cm³/mol. The molecule has 0 bridgehead atoms. The summed E-state index contributed by atoms with van der Waals surface area (Å²) in [5, 5.41) is 1.27. The molecule has 0 atom stereocenters. The molecule has 1 N–H and O–H groups in total. The first-order valence-corrected chi connectivity index (χ1v) is 10.7. The van der Waals surface area contributed by atoms with Crippen molar-refractivity contribution < 1.29 is 12.8 Å². The van der Waals surface area contributed by atoms with E-state index >= 15 is 0 Å². The fourth-order valence-electron chi connectivity index (χ4n) is 3.25. The first kappa shape index (κ1) is 18.0. The Balaban J connectivity index is 1.73. The van der Waals surface area contributed by atoms with Gasteiger partial charge < -0.3 is 4.42 Å². The molecule has 3 aromatic rings. The van der Waals surface area contributed by atoms with E-state index in [4.69, 9.17) is 39.2 Å². The summed E-state index contributed by atoms with van der Waals surface area (Å²) in [4.78, 5) is -0.122. The van der Waals surface area contributed by atoms with Gasteiger partial charge in [0.15, 0.2) is 0 Å². The molecule has 4 rings (SSSR count). The van der Waals surface area contributed by atoms with Gasteiger partial charge in [-0.3, -0.25) is 4.72 Å². The number of halogens is 3. The Morgan fingerprint density at radius 1 is 0.923 bits per heavy atom. The second-order valence-electron chi connectivity index (χ2n) is 6.22. The van der Waals surface area contributed by atoms with Crippen molar-refractivity contribution in [1.82, 2.24) is 0 Å². The summed E-state index contributed by atoms with van der Waals surface area (Å²) in [7, 11) is -3.91. The lowest BCUT2D eigenvalue weighted by atomic mass is 9.96. The van der Waals surface area contributed by atoms with Crippen molar-refractivity contribution in [2.24, 2.45) is 0 Å². The van der Waals surface area contributed by atoms with Crippen molar-refractivity contribution in [2.45, 2.75) is 30.6 Å². The van der Waals surface area contributed by atoms with Gasteiger partial charge in [0.05, 0.1) is 15.1 Å². The Morgan fingerprint density at radius 3 is 2.46 bits per heavy atom. The minimum atomic E-state index is -3.91. The van der Waals surface area contributed by atoms with Crippen molar-refractivity contribution in [3.05, 3.63) is 56.7 Å². The fourth-order valence-corrected chi connectivity index (χ4v) is 5.30. The van der Waals surface area contributed by atoms with E-state index in [9.17, 15) is 8.42 Å². The van der Waals surface area contributed by atoms with Crippen LogP contribution in [0, 0.1) is 0 Å². The number of benzene rings is 2. The van der Waals surface area contributed by atoms with Gasteiger partial charge in [0.25, 0.3) is 10.0 Å². The number of nitrogens with one attached hydrogen (secondary N) is 1. The van der Waals surface area contributed by atoms with Crippen LogP contribution < -0.4 is 4.72 Å². The monoisotopic (exact) mass is 429 g/mol. The van der Waals surface area contributed by atoms with Crippen molar-refractivity contribution in [3.8, 4) is 0 Å². The minimum absolute atomic E-state index is 0.00803. The molecule has 0 saturated heterocycles. The lowest BCUT2D eigenvalue weighted by Gasteiger charge is -2.11. The number of anilines is 1. The van der Waals surface area contributed by atoms with Gasteiger partial charge in [-0.15, -0.1) is 0 Å². The second kappa shape index (κ2) is 6.64. The van der Waals surface area contributed by atoms with Crippen LogP contribution in [-0.4, -0.2) is 8.42 Å². The average molecular weight is 431 g/mol. The molecule has 0 spiro atoms. The lowest BCUT2D eigenvalue weighted by Crippen LogP contribution is -2.13. The molecule has 4 nitrogen and oxygen atoms in total. The molecule has 8 heteroatoms. The highest BCUT2D eigenvalue weighted by atomic mass is 35.5. The van der Waals surface area contributed by atoms with Gasteiger partial charge in [-0.1, -0.05) is 34.8 Å². The molecule has 0 unspecified atom stereocenters. The van der Waals surface area contributed by atoms with Crippen LogP contribution in [0.5, 0.6) is 0 Å². The Hall–Kier alpha value is -1.40. The van der Waals surface area contributed by atoms with Crippen LogP contribution in [0.4, 0.5) is 5.69 Å². The highest BCUT2D eigenvalue weighted by Gasteiger charge is 2.22. The van der Waals surface area contributed by atoms with E-state index in [1.807, 2.05) is 0 Å². The third-order valence-corrected chi connectivity index (χ3v) is 7.04. The fraction of sp³-hybridized carbons (Fsp3) is 0.222. The molecular weight excluding hydrogens is 417 g/mol. The first-order chi connectivity index (χ1) is 12.3. The van der Waals surface area contributed by atoms with Gasteiger partial charge >= 0.3 is 0 Å². The highest BCUT2D eigenvalue weighted by molar-refractivity contribution is 7.92. The average Bonchev–Trinajstić information content (AvgIpc) is 2.96. The molecule has 2 aromatic carbocycles. The van der Waals surface area contributed by atoms with Crippen LogP contribution in [0.25, 0.3) is 11.0 Å². The van der Waals surface area contributed by atoms with E-state index in [0.29, 0.717) is 5.69 Å². The lowest BCUT2D eigenvalue weighted by molar-refractivity contribution is 0.506. The Morgan fingerprint density at radius 2 is 1.65 bits per heavy atom. The largest absolute Gasteiger partial charge is 0.461 e. The molecule has 136 valence electrons. The summed E-state index contributed by atoms with van der Waals surface area (Å²) >= 11 is 17.9. The normalized spacial score (nSPS) is 14.4.